The Hall–Kier alpha value is -2.01. The molecule has 0 radical (unpaired) electrons. The van der Waals surface area contributed by atoms with Gasteiger partial charge in [-0.2, -0.15) is 25.9 Å². The molecular weight excluding hydrogens is 675 g/mol. The predicted molar refractivity (Wildman–Crippen MR) is 139 cm³/mol. The van der Waals surface area contributed by atoms with Gasteiger partial charge in [-0.3, -0.25) is 5.41 Å². The third-order valence-corrected chi connectivity index (χ3v) is 8.91. The van der Waals surface area contributed by atoms with Gasteiger partial charge in [-0.25, -0.2) is 4.79 Å². The average molecular weight is 692 g/mol. The summed E-state index contributed by atoms with van der Waals surface area (Å²) in [6, 6.07) is 13.8. The topological polar surface area (TPSA) is 134 Å². The summed E-state index contributed by atoms with van der Waals surface area (Å²) < 4.78 is 65.5. The molecule has 2 aromatic rings. The standard InChI is InChI=1S/C18H16Br2N3O3S3.C2HF3O2/c1-11-5-7-14(8-6-11)29(24,25)23(15-10-16(18(21)22)27-17(15)20)26-28-13-4-2-3-12(19)9-13;3-2(4,5)1(6)7/h2-10,17H,1H3,(H3,21,22);(H,6,7)/q+1;. The minimum Gasteiger partial charge on any atom is -0.475 e. The van der Waals surface area contributed by atoms with Crippen molar-refractivity contribution in [2.75, 3.05) is 0 Å². The van der Waals surface area contributed by atoms with Crippen LogP contribution in [0.4, 0.5) is 13.2 Å². The fourth-order valence-corrected chi connectivity index (χ4v) is 6.87. The number of allylic oxidation sites excluding steroid dienone is 1. The lowest BCUT2D eigenvalue weighted by molar-refractivity contribution is -0.617. The van der Waals surface area contributed by atoms with Crippen molar-refractivity contribution in [3.63, 3.8) is 0 Å². The molecule has 0 saturated carbocycles. The monoisotopic (exact) mass is 690 g/mol. The Morgan fingerprint density at radius 1 is 1.25 bits per heavy atom. The maximum Gasteiger partial charge on any atom is 0.490 e. The highest BCUT2D eigenvalue weighted by atomic mass is 79.9. The first-order valence-electron chi connectivity index (χ1n) is 9.39. The van der Waals surface area contributed by atoms with Crippen LogP contribution in [0.2, 0.25) is 0 Å². The number of alkyl halides is 4. The smallest absolute Gasteiger partial charge is 0.475 e. The third kappa shape index (κ3) is 8.26. The van der Waals surface area contributed by atoms with Crippen molar-refractivity contribution < 1.29 is 39.9 Å². The van der Waals surface area contributed by atoms with Gasteiger partial charge in [0.15, 0.2) is 16.2 Å². The molecule has 0 aliphatic carbocycles. The van der Waals surface area contributed by atoms with Crippen LogP contribution in [0, 0.1) is 12.3 Å². The van der Waals surface area contributed by atoms with E-state index in [1.165, 1.54) is 23.9 Å². The van der Waals surface area contributed by atoms with Crippen molar-refractivity contribution in [1.29, 1.82) is 5.41 Å². The van der Waals surface area contributed by atoms with Crippen molar-refractivity contribution in [2.24, 2.45) is 5.73 Å². The molecule has 0 saturated heterocycles. The van der Waals surface area contributed by atoms with Crippen LogP contribution in [0.25, 0.3) is 0 Å². The average Bonchev–Trinajstić information content (AvgIpc) is 3.15. The number of amidine groups is 1. The van der Waals surface area contributed by atoms with Crippen LogP contribution in [0.1, 0.15) is 5.56 Å². The van der Waals surface area contributed by atoms with Gasteiger partial charge in [0.1, 0.15) is 14.9 Å². The van der Waals surface area contributed by atoms with E-state index in [-0.39, 0.29) is 10.7 Å². The Kier molecular flexibility index (Phi) is 10.5. The van der Waals surface area contributed by atoms with Gasteiger partial charge in [-0.15, -0.1) is 0 Å². The largest absolute Gasteiger partial charge is 0.490 e. The summed E-state index contributed by atoms with van der Waals surface area (Å²) in [7, 11) is -4.02. The van der Waals surface area contributed by atoms with Crippen molar-refractivity contribution in [3.8, 4) is 0 Å². The highest BCUT2D eigenvalue weighted by molar-refractivity contribution is 9.11. The summed E-state index contributed by atoms with van der Waals surface area (Å²) in [5.74, 6) is -2.89. The first-order chi connectivity index (χ1) is 16.6. The summed E-state index contributed by atoms with van der Waals surface area (Å²) in [6.07, 6.45) is -3.54. The second-order valence-electron chi connectivity index (χ2n) is 6.74. The van der Waals surface area contributed by atoms with E-state index in [1.807, 2.05) is 31.2 Å². The molecule has 0 amide bonds. The molecule has 0 fully saturated rings. The summed E-state index contributed by atoms with van der Waals surface area (Å²) >= 11 is 8.99. The van der Waals surface area contributed by atoms with Crippen LogP contribution < -0.4 is 5.73 Å². The summed E-state index contributed by atoms with van der Waals surface area (Å²) in [5, 5.41) is 14.8. The fraction of sp³-hybridized carbons (Fsp3) is 0.150. The van der Waals surface area contributed by atoms with Gasteiger partial charge in [-0.05, 0) is 37.3 Å². The van der Waals surface area contributed by atoms with Crippen LogP contribution in [0.15, 0.2) is 73.8 Å². The van der Waals surface area contributed by atoms with E-state index in [0.29, 0.717) is 10.6 Å². The maximum atomic E-state index is 13.4. The Balaban J connectivity index is 0.000000572. The molecule has 8 nitrogen and oxygen atoms in total. The highest BCUT2D eigenvalue weighted by Gasteiger charge is 2.42. The van der Waals surface area contributed by atoms with Crippen molar-refractivity contribution >= 4 is 83.2 Å². The molecule has 16 heteroatoms. The summed E-state index contributed by atoms with van der Waals surface area (Å²) in [6.45, 7) is 1.88. The molecule has 0 aromatic heterocycles. The number of sulfonamides is 1. The fourth-order valence-electron chi connectivity index (χ4n) is 2.31. The Morgan fingerprint density at radius 3 is 2.31 bits per heavy atom. The van der Waals surface area contributed by atoms with Crippen molar-refractivity contribution in [2.45, 2.75) is 27.1 Å². The number of nitrogens with zero attached hydrogens (tertiary/aromatic N) is 1. The molecule has 2 aromatic carbocycles. The third-order valence-electron chi connectivity index (χ3n) is 4.00. The number of nitrogens with one attached hydrogen (secondary N) is 1. The van der Waals surface area contributed by atoms with Crippen LogP contribution in [0.5, 0.6) is 0 Å². The van der Waals surface area contributed by atoms with Gasteiger partial charge in [0, 0.05) is 10.5 Å². The normalized spacial score (nSPS) is 16.9. The van der Waals surface area contributed by atoms with E-state index in [9.17, 15) is 21.6 Å². The number of hydrogen-bond acceptors (Lipinski definition) is 7. The number of carbonyl (C=O) groups is 1. The number of benzene rings is 2. The van der Waals surface area contributed by atoms with E-state index in [4.69, 9.17) is 25.3 Å². The zero-order valence-electron chi connectivity index (χ0n) is 18.0. The number of nitrogens with two attached hydrogens (primary N) is 1. The van der Waals surface area contributed by atoms with Crippen LogP contribution >= 0.6 is 55.7 Å². The van der Waals surface area contributed by atoms with Crippen molar-refractivity contribution in [1.82, 2.24) is 0 Å². The van der Waals surface area contributed by atoms with E-state index in [2.05, 4.69) is 31.9 Å². The number of hydrogen-bond donors (Lipinski definition) is 3. The molecule has 194 valence electrons. The Labute approximate surface area is 229 Å². The predicted octanol–water partition coefficient (Wildman–Crippen LogP) is 5.46. The molecule has 1 atom stereocenters. The van der Waals surface area contributed by atoms with Crippen molar-refractivity contribution in [3.05, 3.63) is 69.5 Å². The number of aryl methyl sites for hydroxylation is 1. The lowest BCUT2D eigenvalue weighted by atomic mass is 10.2. The van der Waals surface area contributed by atoms with Crippen LogP contribution in [0.3, 0.4) is 0 Å². The molecular formula is C20H17Br2F3N3O5S3+. The number of carboxylic acid groups (broad SMARTS) is 1. The molecule has 4 N–H and O–H groups in total. The Morgan fingerprint density at radius 2 is 1.83 bits per heavy atom. The molecule has 1 unspecified atom stereocenters. The second kappa shape index (κ2) is 12.5. The molecule has 0 spiro atoms. The Bertz CT molecular complexity index is 1320. The zero-order valence-corrected chi connectivity index (χ0v) is 23.6. The van der Waals surface area contributed by atoms with Gasteiger partial charge < -0.3 is 10.8 Å². The first-order valence-corrected chi connectivity index (χ1v) is 14.2. The molecule has 1 aliphatic heterocycles. The minimum atomic E-state index is -5.08. The summed E-state index contributed by atoms with van der Waals surface area (Å²) in [4.78, 5) is 10.2. The lowest BCUT2D eigenvalue weighted by Gasteiger charge is -2.06. The van der Waals surface area contributed by atoms with E-state index in [0.717, 1.165) is 31.1 Å². The van der Waals surface area contributed by atoms with Crippen LogP contribution in [-0.4, -0.2) is 45.5 Å². The summed E-state index contributed by atoms with van der Waals surface area (Å²) in [5.41, 5.74) is 6.85. The van der Waals surface area contributed by atoms with Crippen LogP contribution in [-0.2, 0) is 19.1 Å². The molecule has 0 bridgehead atoms. The molecule has 1 heterocycles. The van der Waals surface area contributed by atoms with Gasteiger partial charge in [0.25, 0.3) is 5.71 Å². The number of halogens is 5. The molecule has 36 heavy (non-hydrogen) atoms. The zero-order chi connectivity index (χ0) is 27.3. The van der Waals surface area contributed by atoms with Gasteiger partial charge in [0.2, 0.25) is 0 Å². The van der Waals surface area contributed by atoms with E-state index in [1.54, 1.807) is 18.2 Å². The number of rotatable bonds is 6. The lowest BCUT2D eigenvalue weighted by Crippen LogP contribution is -2.28. The van der Waals surface area contributed by atoms with Gasteiger partial charge in [0.05, 0.1) is 9.80 Å². The van der Waals surface area contributed by atoms with Gasteiger partial charge in [-0.1, -0.05) is 67.4 Å². The van der Waals surface area contributed by atoms with E-state index < -0.39 is 26.3 Å². The molecule has 3 rings (SSSR count). The van der Waals surface area contributed by atoms with E-state index >= 15 is 0 Å². The number of aliphatic carboxylic acids is 1. The highest BCUT2D eigenvalue weighted by Crippen LogP contribution is 2.36. The number of carboxylic acids is 1. The number of thioether (sulfide) groups is 1. The quantitative estimate of drug-likeness (QED) is 0.0909. The minimum absolute atomic E-state index is 0.0971. The van der Waals surface area contributed by atoms with Gasteiger partial charge >= 0.3 is 22.2 Å². The SMILES string of the molecule is Cc1ccc(S(=O)(=O)[N+](OSc2cccc(Br)c2)=C2C=C(C(=N)N)SC2Br)cc1.O=C(O)C(F)(F)F. The molecule has 1 aliphatic rings. The maximum absolute atomic E-state index is 13.4. The first kappa shape index (κ1) is 30.2. The second-order valence-corrected chi connectivity index (χ2v) is 12.9.